The van der Waals surface area contributed by atoms with Crippen LogP contribution in [0.5, 0.6) is 0 Å². The van der Waals surface area contributed by atoms with Crippen LogP contribution < -0.4 is 0 Å². The maximum atomic E-state index is 10.4. The van der Waals surface area contributed by atoms with Gasteiger partial charge in [0.25, 0.3) is 5.69 Å². The largest absolute Gasteiger partial charge is 0.342 e. The van der Waals surface area contributed by atoms with Crippen LogP contribution in [-0.4, -0.2) is 21.2 Å². The maximum absolute atomic E-state index is 10.4. The van der Waals surface area contributed by atoms with Crippen LogP contribution in [-0.2, 0) is 0 Å². The van der Waals surface area contributed by atoms with Crippen molar-refractivity contribution in [2.45, 2.75) is 0 Å². The van der Waals surface area contributed by atoms with Crippen molar-refractivity contribution < 1.29 is 9.72 Å². The van der Waals surface area contributed by atoms with E-state index in [1.54, 1.807) is 18.3 Å². The van der Waals surface area contributed by atoms with Crippen LogP contribution >= 0.6 is 0 Å². The maximum Gasteiger partial charge on any atom is 0.269 e. The first kappa shape index (κ1) is 10.0. The number of H-pyrrole nitrogens is 1. The fraction of sp³-hybridized carbons (Fsp3) is 0. The lowest BCUT2D eigenvalue weighted by atomic mass is 10.1. The third-order valence-electron chi connectivity index (χ3n) is 2.08. The number of aldehydes is 1. The molecule has 0 saturated heterocycles. The molecule has 0 bridgehead atoms. The second-order valence-electron chi connectivity index (χ2n) is 3.09. The Bertz CT molecular complexity index is 530. The molecule has 2 aromatic rings. The van der Waals surface area contributed by atoms with Crippen molar-refractivity contribution in [1.29, 1.82) is 0 Å². The van der Waals surface area contributed by atoms with E-state index in [9.17, 15) is 14.9 Å². The van der Waals surface area contributed by atoms with Crippen molar-refractivity contribution >= 4 is 12.0 Å². The molecule has 0 atom stereocenters. The summed E-state index contributed by atoms with van der Waals surface area (Å²) in [7, 11) is 0. The second-order valence-corrected chi connectivity index (χ2v) is 3.09. The molecule has 80 valence electrons. The number of carbonyl (C=O) groups is 1. The summed E-state index contributed by atoms with van der Waals surface area (Å²) in [6.45, 7) is 0. The normalized spacial score (nSPS) is 10.0. The Morgan fingerprint density at radius 1 is 1.31 bits per heavy atom. The van der Waals surface area contributed by atoms with Gasteiger partial charge in [0.05, 0.1) is 10.6 Å². The van der Waals surface area contributed by atoms with Crippen LogP contribution in [0.25, 0.3) is 11.3 Å². The molecule has 0 unspecified atom stereocenters. The molecule has 0 spiro atoms. The van der Waals surface area contributed by atoms with Gasteiger partial charge in [-0.2, -0.15) is 0 Å². The van der Waals surface area contributed by atoms with E-state index in [0.717, 1.165) is 5.56 Å². The van der Waals surface area contributed by atoms with Crippen LogP contribution in [0.15, 0.2) is 30.5 Å². The van der Waals surface area contributed by atoms with Gasteiger partial charge in [0, 0.05) is 23.9 Å². The van der Waals surface area contributed by atoms with Gasteiger partial charge in [-0.15, -0.1) is 0 Å². The number of imidazole rings is 1. The van der Waals surface area contributed by atoms with Crippen molar-refractivity contribution in [1.82, 2.24) is 9.97 Å². The highest BCUT2D eigenvalue weighted by atomic mass is 16.6. The summed E-state index contributed by atoms with van der Waals surface area (Å²) in [4.78, 5) is 27.0. The van der Waals surface area contributed by atoms with Gasteiger partial charge in [-0.25, -0.2) is 4.98 Å². The number of rotatable bonds is 3. The molecule has 0 fully saturated rings. The van der Waals surface area contributed by atoms with Crippen molar-refractivity contribution in [3.63, 3.8) is 0 Å². The zero-order valence-corrected chi connectivity index (χ0v) is 8.08. The highest BCUT2D eigenvalue weighted by Crippen LogP contribution is 2.20. The molecule has 0 aliphatic rings. The van der Waals surface area contributed by atoms with Gasteiger partial charge >= 0.3 is 0 Å². The van der Waals surface area contributed by atoms with Crippen LogP contribution in [0.4, 0.5) is 5.69 Å². The van der Waals surface area contributed by atoms with Gasteiger partial charge in [-0.3, -0.25) is 14.9 Å². The third-order valence-corrected chi connectivity index (χ3v) is 2.08. The Morgan fingerprint density at radius 3 is 2.50 bits per heavy atom. The van der Waals surface area contributed by atoms with E-state index in [2.05, 4.69) is 9.97 Å². The Hall–Kier alpha value is -2.50. The lowest BCUT2D eigenvalue weighted by Gasteiger charge is -1.95. The van der Waals surface area contributed by atoms with Crippen molar-refractivity contribution in [3.8, 4) is 11.3 Å². The van der Waals surface area contributed by atoms with E-state index >= 15 is 0 Å². The molecule has 0 aliphatic heterocycles. The fourth-order valence-electron chi connectivity index (χ4n) is 1.30. The summed E-state index contributed by atoms with van der Waals surface area (Å²) in [5.41, 5.74) is 1.32. The fourth-order valence-corrected chi connectivity index (χ4v) is 1.30. The number of aromatic nitrogens is 2. The summed E-state index contributed by atoms with van der Waals surface area (Å²) in [6, 6.07) is 5.96. The number of hydrogen-bond acceptors (Lipinski definition) is 4. The first-order valence-corrected chi connectivity index (χ1v) is 4.46. The van der Waals surface area contributed by atoms with Crippen LogP contribution in [0.1, 0.15) is 10.6 Å². The zero-order chi connectivity index (χ0) is 11.5. The molecule has 0 radical (unpaired) electrons. The molecule has 0 aliphatic carbocycles. The molecule has 0 amide bonds. The van der Waals surface area contributed by atoms with Gasteiger partial charge in [-0.05, 0) is 12.1 Å². The molecule has 1 aromatic heterocycles. The quantitative estimate of drug-likeness (QED) is 0.482. The highest BCUT2D eigenvalue weighted by molar-refractivity contribution is 5.72. The molecule has 16 heavy (non-hydrogen) atoms. The van der Waals surface area contributed by atoms with E-state index in [1.165, 1.54) is 12.1 Å². The Kier molecular flexibility index (Phi) is 2.47. The minimum Gasteiger partial charge on any atom is -0.342 e. The summed E-state index contributed by atoms with van der Waals surface area (Å²) < 4.78 is 0. The van der Waals surface area contributed by atoms with E-state index in [0.29, 0.717) is 12.0 Å². The third kappa shape index (κ3) is 1.81. The number of benzene rings is 1. The molecule has 6 heteroatoms. The first-order valence-electron chi connectivity index (χ1n) is 4.46. The number of nitro benzene ring substituents is 1. The second kappa shape index (κ2) is 3.93. The number of nitro groups is 1. The van der Waals surface area contributed by atoms with E-state index in [-0.39, 0.29) is 11.5 Å². The number of nitrogens with one attached hydrogen (secondary N) is 1. The van der Waals surface area contributed by atoms with Gasteiger partial charge in [0.2, 0.25) is 0 Å². The zero-order valence-electron chi connectivity index (χ0n) is 8.08. The predicted octanol–water partition coefficient (Wildman–Crippen LogP) is 1.80. The highest BCUT2D eigenvalue weighted by Gasteiger charge is 2.07. The van der Waals surface area contributed by atoms with Gasteiger partial charge in [0.15, 0.2) is 12.1 Å². The number of nitrogens with zero attached hydrogens (tertiary/aromatic N) is 2. The summed E-state index contributed by atoms with van der Waals surface area (Å²) in [5, 5.41) is 10.4. The lowest BCUT2D eigenvalue weighted by molar-refractivity contribution is -0.384. The average Bonchev–Trinajstić information content (AvgIpc) is 2.77. The van der Waals surface area contributed by atoms with Crippen LogP contribution in [0, 0.1) is 10.1 Å². The molecule has 1 heterocycles. The Labute approximate surface area is 90.1 Å². The molecule has 6 nitrogen and oxygen atoms in total. The van der Waals surface area contributed by atoms with Crippen molar-refractivity contribution in [2.75, 3.05) is 0 Å². The first-order chi connectivity index (χ1) is 7.70. The van der Waals surface area contributed by atoms with Crippen molar-refractivity contribution in [2.24, 2.45) is 0 Å². The Morgan fingerprint density at radius 2 is 2.00 bits per heavy atom. The molecule has 1 aromatic carbocycles. The molecular weight excluding hydrogens is 210 g/mol. The van der Waals surface area contributed by atoms with Crippen molar-refractivity contribution in [3.05, 3.63) is 46.4 Å². The van der Waals surface area contributed by atoms with Gasteiger partial charge < -0.3 is 4.98 Å². The lowest BCUT2D eigenvalue weighted by Crippen LogP contribution is -1.87. The summed E-state index contributed by atoms with van der Waals surface area (Å²) >= 11 is 0. The van der Waals surface area contributed by atoms with Gasteiger partial charge in [0.1, 0.15) is 0 Å². The number of non-ortho nitro benzene ring substituents is 1. The molecular formula is C10H7N3O3. The Balaban J connectivity index is 2.34. The van der Waals surface area contributed by atoms with Crippen LogP contribution in [0.2, 0.25) is 0 Å². The smallest absolute Gasteiger partial charge is 0.269 e. The predicted molar refractivity (Wildman–Crippen MR) is 56.1 cm³/mol. The average molecular weight is 217 g/mol. The summed E-state index contributed by atoms with van der Waals surface area (Å²) in [5.74, 6) is 0.230. The number of carbonyl (C=O) groups excluding carboxylic acids is 1. The van der Waals surface area contributed by atoms with Crippen LogP contribution in [0.3, 0.4) is 0 Å². The summed E-state index contributed by atoms with van der Waals surface area (Å²) in [6.07, 6.45) is 2.18. The SMILES string of the molecule is O=Cc1nc(-c2ccc([N+](=O)[O-])cc2)c[nH]1. The van der Waals surface area contributed by atoms with Gasteiger partial charge in [-0.1, -0.05) is 0 Å². The molecule has 2 rings (SSSR count). The van der Waals surface area contributed by atoms with E-state index in [1.807, 2.05) is 0 Å². The van der Waals surface area contributed by atoms with E-state index in [4.69, 9.17) is 0 Å². The minimum absolute atomic E-state index is 0.0231. The topological polar surface area (TPSA) is 88.9 Å². The number of aromatic amines is 1. The standard InChI is InChI=1S/C10H7N3O3/c14-6-10-11-5-9(12-10)7-1-3-8(4-2-7)13(15)16/h1-6H,(H,11,12). The molecule has 1 N–H and O–H groups in total. The monoisotopic (exact) mass is 217 g/mol. The minimum atomic E-state index is -0.467. The number of hydrogen-bond donors (Lipinski definition) is 1. The van der Waals surface area contributed by atoms with E-state index < -0.39 is 4.92 Å². The molecule has 0 saturated carbocycles.